The molecule has 2 atom stereocenters. The molecule has 0 spiro atoms. The van der Waals surface area contributed by atoms with Gasteiger partial charge in [0.25, 0.3) is 0 Å². The van der Waals surface area contributed by atoms with Gasteiger partial charge in [0, 0.05) is 10.8 Å². The highest BCUT2D eigenvalue weighted by Gasteiger charge is 2.48. The quantitative estimate of drug-likeness (QED) is 0.816. The minimum atomic E-state index is -3.05. The number of methoxy groups -OCH3 is 2. The molecule has 2 aliphatic rings. The molecule has 0 aliphatic carbocycles. The van der Waals surface area contributed by atoms with E-state index in [1.165, 1.54) is 16.8 Å². The fraction of sp³-hybridized carbons (Fsp3) is 0.429. The van der Waals surface area contributed by atoms with Gasteiger partial charge in [0.2, 0.25) is 0 Å². The van der Waals surface area contributed by atoms with Crippen molar-refractivity contribution in [2.24, 2.45) is 5.10 Å². The molecule has 9 heteroatoms. The van der Waals surface area contributed by atoms with E-state index < -0.39 is 9.84 Å². The van der Waals surface area contributed by atoms with Gasteiger partial charge in [0.1, 0.15) is 11.5 Å². The highest BCUT2D eigenvalue weighted by molar-refractivity contribution is 8.15. The summed E-state index contributed by atoms with van der Waals surface area (Å²) in [5.74, 6) is 1.45. The topological polar surface area (TPSA) is 92.1 Å². The lowest BCUT2D eigenvalue weighted by Crippen LogP contribution is -2.32. The van der Waals surface area contributed by atoms with Crippen LogP contribution in [0.25, 0.3) is 0 Å². The van der Waals surface area contributed by atoms with Gasteiger partial charge in [-0.15, -0.1) is 0 Å². The number of hydrogen-bond donors (Lipinski definition) is 1. The molecule has 0 saturated carbocycles. The Balaban J connectivity index is 1.86. The Labute approximate surface area is 139 Å². The lowest BCUT2D eigenvalue weighted by molar-refractivity contribution is 0.375. The zero-order chi connectivity index (χ0) is 16.6. The molecule has 2 aliphatic heterocycles. The summed E-state index contributed by atoms with van der Waals surface area (Å²) in [5.41, 5.74) is 0.703. The van der Waals surface area contributed by atoms with Crippen molar-refractivity contribution in [1.82, 2.24) is 5.01 Å². The molecule has 1 N–H and O–H groups in total. The summed E-state index contributed by atoms with van der Waals surface area (Å²) in [6.07, 6.45) is 1.57. The average Bonchev–Trinajstić information content (AvgIpc) is 2.95. The van der Waals surface area contributed by atoms with Gasteiger partial charge < -0.3 is 9.47 Å². The van der Waals surface area contributed by atoms with Gasteiger partial charge in [-0.3, -0.25) is 5.41 Å². The zero-order valence-electron chi connectivity index (χ0n) is 12.7. The van der Waals surface area contributed by atoms with E-state index >= 15 is 0 Å². The number of amidine groups is 1. The molecular weight excluding hydrogens is 338 g/mol. The van der Waals surface area contributed by atoms with Gasteiger partial charge in [-0.05, 0) is 18.2 Å². The zero-order valence-corrected chi connectivity index (χ0v) is 14.4. The molecule has 0 unspecified atom stereocenters. The fourth-order valence-corrected chi connectivity index (χ4v) is 6.40. The van der Waals surface area contributed by atoms with E-state index in [0.29, 0.717) is 17.1 Å². The summed E-state index contributed by atoms with van der Waals surface area (Å²) in [7, 11) is 0.0889. The van der Waals surface area contributed by atoms with Gasteiger partial charge in [-0.25, -0.2) is 13.4 Å². The van der Waals surface area contributed by atoms with Crippen molar-refractivity contribution >= 4 is 33.0 Å². The molecule has 1 aromatic carbocycles. The molecule has 7 nitrogen and oxygen atoms in total. The van der Waals surface area contributed by atoms with Crippen LogP contribution in [-0.2, 0) is 9.84 Å². The van der Waals surface area contributed by atoms with Gasteiger partial charge in [-0.1, -0.05) is 11.8 Å². The number of sulfone groups is 1. The van der Waals surface area contributed by atoms with E-state index in [9.17, 15) is 8.42 Å². The van der Waals surface area contributed by atoms with Crippen LogP contribution < -0.4 is 9.47 Å². The predicted octanol–water partition coefficient (Wildman–Crippen LogP) is 1.19. The Morgan fingerprint density at radius 1 is 1.35 bits per heavy atom. The van der Waals surface area contributed by atoms with E-state index in [-0.39, 0.29) is 28.0 Å². The summed E-state index contributed by atoms with van der Waals surface area (Å²) < 4.78 is 34.0. The molecule has 3 rings (SSSR count). The van der Waals surface area contributed by atoms with Crippen LogP contribution in [0.2, 0.25) is 0 Å². The van der Waals surface area contributed by atoms with Crippen molar-refractivity contribution in [3.63, 3.8) is 0 Å². The van der Waals surface area contributed by atoms with E-state index in [1.807, 2.05) is 0 Å². The van der Waals surface area contributed by atoms with Gasteiger partial charge in [0.05, 0.1) is 38.0 Å². The van der Waals surface area contributed by atoms with Crippen molar-refractivity contribution < 1.29 is 17.9 Å². The highest BCUT2D eigenvalue weighted by atomic mass is 32.2. The second-order valence-electron chi connectivity index (χ2n) is 5.30. The molecule has 2 saturated heterocycles. The number of benzene rings is 1. The van der Waals surface area contributed by atoms with Crippen molar-refractivity contribution in [2.75, 3.05) is 25.7 Å². The van der Waals surface area contributed by atoms with Crippen molar-refractivity contribution in [3.05, 3.63) is 23.8 Å². The van der Waals surface area contributed by atoms with Crippen molar-refractivity contribution in [2.45, 2.75) is 11.3 Å². The summed E-state index contributed by atoms with van der Waals surface area (Å²) in [6.45, 7) is 0. The third-order valence-corrected chi connectivity index (χ3v) is 6.94. The second kappa shape index (κ2) is 6.04. The lowest BCUT2D eigenvalue weighted by Gasteiger charge is -2.17. The first kappa shape index (κ1) is 16.1. The van der Waals surface area contributed by atoms with E-state index in [2.05, 4.69) is 5.10 Å². The standard InChI is InChI=1S/C14H17N3O4S2/c1-20-10-3-4-12(21-2)9(5-10)6-16-17-11-7-23(18,19)8-13(11)22-14(17)15/h3-6,11,13,15H,7-8H2,1-2H3/b15-14?,16-6+/t11-,13+/m1/s1. The van der Waals surface area contributed by atoms with Crippen LogP contribution in [0.5, 0.6) is 11.5 Å². The maximum Gasteiger partial charge on any atom is 0.177 e. The maximum absolute atomic E-state index is 11.8. The van der Waals surface area contributed by atoms with Crippen LogP contribution in [-0.4, -0.2) is 61.8 Å². The first-order chi connectivity index (χ1) is 10.9. The monoisotopic (exact) mass is 355 g/mol. The van der Waals surface area contributed by atoms with E-state index in [1.54, 1.807) is 38.6 Å². The molecule has 23 heavy (non-hydrogen) atoms. The maximum atomic E-state index is 11.8. The van der Waals surface area contributed by atoms with E-state index in [0.717, 1.165) is 0 Å². The third kappa shape index (κ3) is 3.16. The normalized spacial score (nSPS) is 25.8. The van der Waals surface area contributed by atoms with Crippen LogP contribution >= 0.6 is 11.8 Å². The number of nitrogens with zero attached hydrogens (tertiary/aromatic N) is 2. The second-order valence-corrected chi connectivity index (χ2v) is 8.68. The number of thioether (sulfide) groups is 1. The molecular formula is C14H17N3O4S2. The Bertz CT molecular complexity index is 763. The Morgan fingerprint density at radius 3 is 2.83 bits per heavy atom. The number of rotatable bonds is 4. The molecule has 1 aromatic rings. The number of nitrogens with one attached hydrogen (secondary N) is 1. The number of hydrogen-bond acceptors (Lipinski definition) is 7. The SMILES string of the molecule is COc1ccc(OC)c(/C=N/N2C(=N)S[C@H]3CS(=O)(=O)C[C@H]32)c1. The molecule has 0 radical (unpaired) electrons. The molecule has 2 fully saturated rings. The van der Waals surface area contributed by atoms with Gasteiger partial charge in [-0.2, -0.15) is 5.10 Å². The first-order valence-electron chi connectivity index (χ1n) is 6.94. The van der Waals surface area contributed by atoms with Crippen LogP contribution in [0, 0.1) is 5.41 Å². The van der Waals surface area contributed by atoms with Crippen LogP contribution in [0.4, 0.5) is 0 Å². The lowest BCUT2D eigenvalue weighted by atomic mass is 10.2. The smallest absolute Gasteiger partial charge is 0.177 e. The third-order valence-electron chi connectivity index (χ3n) is 3.82. The van der Waals surface area contributed by atoms with Crippen LogP contribution in [0.3, 0.4) is 0 Å². The number of ether oxygens (including phenoxy) is 2. The molecule has 0 aromatic heterocycles. The predicted molar refractivity (Wildman–Crippen MR) is 90.5 cm³/mol. The van der Waals surface area contributed by atoms with E-state index in [4.69, 9.17) is 14.9 Å². The summed E-state index contributed by atoms with van der Waals surface area (Å²) in [4.78, 5) is 0. The first-order valence-corrected chi connectivity index (χ1v) is 9.64. The minimum Gasteiger partial charge on any atom is -0.497 e. The fourth-order valence-electron chi connectivity index (χ4n) is 2.69. The summed E-state index contributed by atoms with van der Waals surface area (Å²) in [6, 6.07) is 5.06. The Hall–Kier alpha value is -1.74. The van der Waals surface area contributed by atoms with Gasteiger partial charge >= 0.3 is 0 Å². The van der Waals surface area contributed by atoms with Crippen LogP contribution in [0.15, 0.2) is 23.3 Å². The largest absolute Gasteiger partial charge is 0.497 e. The molecule has 2 heterocycles. The molecule has 124 valence electrons. The highest BCUT2D eigenvalue weighted by Crippen LogP contribution is 2.37. The van der Waals surface area contributed by atoms with Crippen molar-refractivity contribution in [3.8, 4) is 11.5 Å². The number of hydrazone groups is 1. The Kier molecular flexibility index (Phi) is 4.24. The number of fused-ring (bicyclic) bond motifs is 1. The van der Waals surface area contributed by atoms with Crippen molar-refractivity contribution in [1.29, 1.82) is 5.41 Å². The Morgan fingerprint density at radius 2 is 2.13 bits per heavy atom. The van der Waals surface area contributed by atoms with Gasteiger partial charge in [0.15, 0.2) is 15.0 Å². The molecule has 0 amide bonds. The summed E-state index contributed by atoms with van der Waals surface area (Å²) >= 11 is 1.26. The average molecular weight is 355 g/mol. The molecule has 0 bridgehead atoms. The minimum absolute atomic E-state index is 0.0413. The van der Waals surface area contributed by atoms with Crippen LogP contribution in [0.1, 0.15) is 5.56 Å². The summed E-state index contributed by atoms with van der Waals surface area (Å²) in [5, 5.41) is 14.0.